The van der Waals surface area contributed by atoms with Crippen molar-refractivity contribution in [3.8, 4) is 34.9 Å². The zero-order valence-electron chi connectivity index (χ0n) is 16.2. The Kier molecular flexibility index (Phi) is 6.82. The number of hydrogen-bond acceptors (Lipinski definition) is 3. The van der Waals surface area contributed by atoms with Gasteiger partial charge in [-0.05, 0) is 35.4 Å². The van der Waals surface area contributed by atoms with Crippen molar-refractivity contribution in [1.29, 1.82) is 0 Å². The first-order valence-corrected chi connectivity index (χ1v) is 9.15. The third-order valence-corrected chi connectivity index (χ3v) is 4.05. The zero-order valence-corrected chi connectivity index (χ0v) is 16.2. The lowest BCUT2D eigenvalue weighted by Crippen LogP contribution is -2.17. The van der Waals surface area contributed by atoms with Crippen molar-refractivity contribution in [3.05, 3.63) is 90.0 Å². The molecule has 2 amide bonds. The molecule has 0 aliphatic rings. The topological polar surface area (TPSA) is 95.5 Å². The van der Waals surface area contributed by atoms with Gasteiger partial charge in [0.2, 0.25) is 0 Å². The van der Waals surface area contributed by atoms with E-state index in [9.17, 15) is 19.5 Å². The lowest BCUT2D eigenvalue weighted by molar-refractivity contribution is -0.114. The summed E-state index contributed by atoms with van der Waals surface area (Å²) in [5.74, 6) is 4.59. The predicted octanol–water partition coefficient (Wildman–Crippen LogP) is 3.12. The third-order valence-electron chi connectivity index (χ3n) is 4.05. The molecule has 31 heavy (non-hydrogen) atoms. The molecule has 0 radical (unpaired) electrons. The third kappa shape index (κ3) is 6.08. The Hall–Kier alpha value is -4.81. The average molecular weight is 408 g/mol. The van der Waals surface area contributed by atoms with Gasteiger partial charge in [-0.15, -0.1) is 0 Å². The van der Waals surface area contributed by atoms with E-state index in [0.29, 0.717) is 5.56 Å². The molecule has 0 unspecified atom stereocenters. The van der Waals surface area contributed by atoms with Crippen LogP contribution in [0.3, 0.4) is 0 Å². The monoisotopic (exact) mass is 408 g/mol. The van der Waals surface area contributed by atoms with Gasteiger partial charge < -0.3 is 10.4 Å². The summed E-state index contributed by atoms with van der Waals surface area (Å²) < 4.78 is 0. The van der Waals surface area contributed by atoms with Gasteiger partial charge in [-0.3, -0.25) is 14.9 Å². The summed E-state index contributed by atoms with van der Waals surface area (Å²) in [6.07, 6.45) is 0. The number of rotatable bonds is 3. The van der Waals surface area contributed by atoms with Crippen LogP contribution in [0.2, 0.25) is 0 Å². The van der Waals surface area contributed by atoms with Crippen LogP contribution in [-0.2, 0) is 9.59 Å². The average Bonchev–Trinajstić information content (AvgIpc) is 2.79. The minimum Gasteiger partial charge on any atom is -0.478 e. The second-order valence-electron chi connectivity index (χ2n) is 6.21. The molecule has 3 N–H and O–H groups in total. The number of carbonyl (C=O) groups excluding carboxylic acids is 2. The van der Waals surface area contributed by atoms with Crippen molar-refractivity contribution < 1.29 is 19.5 Å². The van der Waals surface area contributed by atoms with Crippen molar-refractivity contribution in [3.63, 3.8) is 0 Å². The van der Waals surface area contributed by atoms with Gasteiger partial charge in [-0.25, -0.2) is 4.79 Å². The van der Waals surface area contributed by atoms with Crippen molar-refractivity contribution in [2.45, 2.75) is 0 Å². The van der Waals surface area contributed by atoms with E-state index < -0.39 is 17.8 Å². The van der Waals surface area contributed by atoms with E-state index >= 15 is 0 Å². The lowest BCUT2D eigenvalue weighted by atomic mass is 10.0. The molecule has 150 valence electrons. The molecule has 0 spiro atoms. The Balaban J connectivity index is 1.69. The maximum atomic E-state index is 12.1. The van der Waals surface area contributed by atoms with E-state index in [1.165, 1.54) is 6.07 Å². The molecule has 3 aromatic carbocycles. The number of anilines is 1. The van der Waals surface area contributed by atoms with E-state index in [4.69, 9.17) is 0 Å². The van der Waals surface area contributed by atoms with Crippen molar-refractivity contribution >= 4 is 23.5 Å². The quantitative estimate of drug-likeness (QED) is 0.458. The minimum atomic E-state index is -1.19. The van der Waals surface area contributed by atoms with Crippen LogP contribution in [0.1, 0.15) is 15.9 Å². The molecule has 0 atom stereocenters. The SMILES string of the molecule is O=C(C#Cc1ccccc1)NC#CC(=O)Nc1cc(-c2ccccc2)ccc1C(=O)O. The molecule has 0 aliphatic heterocycles. The Labute approximate surface area is 178 Å². The maximum absolute atomic E-state index is 12.1. The number of amides is 2. The smallest absolute Gasteiger partial charge is 0.337 e. The molecule has 0 fully saturated rings. The Morgan fingerprint density at radius 3 is 2.10 bits per heavy atom. The molecular formula is C25H16N2O4. The number of nitrogens with one attached hydrogen (secondary N) is 2. The molecule has 0 saturated carbocycles. The molecule has 6 nitrogen and oxygen atoms in total. The molecule has 3 aromatic rings. The van der Waals surface area contributed by atoms with Crippen molar-refractivity contribution in [2.75, 3.05) is 5.32 Å². The van der Waals surface area contributed by atoms with Crippen LogP contribution in [0.5, 0.6) is 0 Å². The lowest BCUT2D eigenvalue weighted by Gasteiger charge is -2.09. The van der Waals surface area contributed by atoms with Crippen LogP contribution in [-0.4, -0.2) is 22.9 Å². The summed E-state index contributed by atoms with van der Waals surface area (Å²) in [6.45, 7) is 0. The van der Waals surface area contributed by atoms with E-state index in [2.05, 4.69) is 34.4 Å². The standard InChI is InChI=1S/C25H16N2O4/c28-23(14-11-18-7-3-1-4-8-18)26-16-15-24(29)27-22-17-20(12-13-21(22)25(30)31)19-9-5-2-6-10-19/h1-10,12-13,17H,(H,26,28)(H,27,29)(H,30,31). The van der Waals surface area contributed by atoms with Crippen LogP contribution in [0, 0.1) is 23.8 Å². The maximum Gasteiger partial charge on any atom is 0.337 e. The number of carboxylic acid groups (broad SMARTS) is 1. The Morgan fingerprint density at radius 1 is 0.742 bits per heavy atom. The van der Waals surface area contributed by atoms with E-state index in [0.717, 1.165) is 11.1 Å². The highest BCUT2D eigenvalue weighted by molar-refractivity contribution is 6.08. The fourth-order valence-corrected chi connectivity index (χ4v) is 2.62. The van der Waals surface area contributed by atoms with Gasteiger partial charge in [0.1, 0.15) is 0 Å². The van der Waals surface area contributed by atoms with E-state index in [1.807, 2.05) is 36.4 Å². The Morgan fingerprint density at radius 2 is 1.42 bits per heavy atom. The van der Waals surface area contributed by atoms with Crippen LogP contribution in [0.15, 0.2) is 78.9 Å². The fourth-order valence-electron chi connectivity index (χ4n) is 2.62. The summed E-state index contributed by atoms with van der Waals surface area (Å²) in [6, 6.07) is 25.1. The van der Waals surface area contributed by atoms with Crippen molar-refractivity contribution in [2.24, 2.45) is 0 Å². The van der Waals surface area contributed by atoms with Crippen LogP contribution in [0.4, 0.5) is 5.69 Å². The van der Waals surface area contributed by atoms with E-state index in [-0.39, 0.29) is 11.3 Å². The summed E-state index contributed by atoms with van der Waals surface area (Å²) in [7, 11) is 0. The second kappa shape index (κ2) is 10.1. The molecule has 0 saturated heterocycles. The van der Waals surface area contributed by atoms with Gasteiger partial charge in [0.25, 0.3) is 0 Å². The Bertz CT molecular complexity index is 1240. The van der Waals surface area contributed by atoms with Gasteiger partial charge in [-0.1, -0.05) is 60.5 Å². The van der Waals surface area contributed by atoms with Crippen LogP contribution >= 0.6 is 0 Å². The number of hydrogen-bond donors (Lipinski definition) is 3. The first-order chi connectivity index (χ1) is 15.0. The van der Waals surface area contributed by atoms with Gasteiger partial charge in [0.15, 0.2) is 0 Å². The van der Waals surface area contributed by atoms with Crippen LogP contribution < -0.4 is 10.6 Å². The van der Waals surface area contributed by atoms with Gasteiger partial charge in [0, 0.05) is 23.4 Å². The van der Waals surface area contributed by atoms with Gasteiger partial charge in [0.05, 0.1) is 11.3 Å². The fraction of sp³-hybridized carbons (Fsp3) is 0. The zero-order chi connectivity index (χ0) is 22.1. The minimum absolute atomic E-state index is 0.0763. The molecular weight excluding hydrogens is 392 g/mol. The highest BCUT2D eigenvalue weighted by Gasteiger charge is 2.13. The van der Waals surface area contributed by atoms with Gasteiger partial charge >= 0.3 is 17.8 Å². The van der Waals surface area contributed by atoms with Crippen molar-refractivity contribution in [1.82, 2.24) is 5.32 Å². The molecule has 3 rings (SSSR count). The largest absolute Gasteiger partial charge is 0.478 e. The predicted molar refractivity (Wildman–Crippen MR) is 117 cm³/mol. The summed E-state index contributed by atoms with van der Waals surface area (Å²) in [4.78, 5) is 35.3. The number of benzene rings is 3. The summed E-state index contributed by atoms with van der Waals surface area (Å²) >= 11 is 0. The summed E-state index contributed by atoms with van der Waals surface area (Å²) in [5, 5.41) is 14.0. The summed E-state index contributed by atoms with van der Waals surface area (Å²) in [5.41, 5.74) is 2.29. The highest BCUT2D eigenvalue weighted by Crippen LogP contribution is 2.25. The molecule has 0 bridgehead atoms. The molecule has 0 aromatic heterocycles. The first-order valence-electron chi connectivity index (χ1n) is 9.15. The molecule has 0 heterocycles. The highest BCUT2D eigenvalue weighted by atomic mass is 16.4. The van der Waals surface area contributed by atoms with Crippen LogP contribution in [0.25, 0.3) is 11.1 Å². The number of carboxylic acids is 1. The van der Waals surface area contributed by atoms with Gasteiger partial charge in [-0.2, -0.15) is 0 Å². The number of carbonyl (C=O) groups is 3. The first kappa shape index (κ1) is 20.9. The molecule has 6 heteroatoms. The van der Waals surface area contributed by atoms with E-state index in [1.54, 1.807) is 36.4 Å². The normalized spacial score (nSPS) is 9.29. The number of aromatic carboxylic acids is 1. The molecule has 0 aliphatic carbocycles. The second-order valence-corrected chi connectivity index (χ2v) is 6.21.